The summed E-state index contributed by atoms with van der Waals surface area (Å²) in [5.74, 6) is 0. The largest absolute Gasteiger partial charge is 0.491 e. The minimum absolute atomic E-state index is 0.214. The van der Waals surface area contributed by atoms with Crippen LogP contribution in [-0.4, -0.2) is 21.1 Å². The molecular weight excluding hydrogens is 468 g/mol. The van der Waals surface area contributed by atoms with E-state index in [4.69, 9.17) is 9.47 Å². The number of hydrogen-bond donors (Lipinski definition) is 0. The van der Waals surface area contributed by atoms with Crippen molar-refractivity contribution in [3.63, 3.8) is 0 Å². The van der Waals surface area contributed by atoms with E-state index in [0.717, 1.165) is 27.7 Å². The third-order valence-corrected chi connectivity index (χ3v) is 6.87. The topological polar surface area (TPSA) is 52.6 Å². The van der Waals surface area contributed by atoms with Gasteiger partial charge in [0.2, 0.25) is 9.84 Å². The van der Waals surface area contributed by atoms with E-state index < -0.39 is 15.9 Å². The fraction of sp³-hybridized carbons (Fsp3) is 0.0968. The number of hydrogen-bond acceptors (Lipinski definition) is 4. The van der Waals surface area contributed by atoms with Gasteiger partial charge in [0, 0.05) is 0 Å². The smallest absolute Gasteiger partial charge is 0.202 e. The van der Waals surface area contributed by atoms with Crippen LogP contribution in [0.4, 0.5) is 0 Å². The average molecular weight is 497 g/mol. The zero-order valence-corrected chi connectivity index (χ0v) is 20.6. The van der Waals surface area contributed by atoms with E-state index in [1.165, 1.54) is 6.26 Å². The van der Waals surface area contributed by atoms with Gasteiger partial charge in [0.25, 0.3) is 0 Å². The van der Waals surface area contributed by atoms with Gasteiger partial charge in [0.1, 0.15) is 6.10 Å². The van der Waals surface area contributed by atoms with Gasteiger partial charge in [-0.25, -0.2) is 8.42 Å². The molecule has 4 nitrogen and oxygen atoms in total. The second-order valence-corrected chi connectivity index (χ2v) is 9.95. The lowest BCUT2D eigenvalue weighted by molar-refractivity contribution is 0.0423. The Hall–Kier alpha value is -3.93. The Kier molecular flexibility index (Phi) is 8.87. The second kappa shape index (κ2) is 12.7. The van der Waals surface area contributed by atoms with Crippen molar-refractivity contribution in [2.45, 2.75) is 17.6 Å². The lowest BCUT2D eigenvalue weighted by Crippen LogP contribution is -2.16. The number of benzene rings is 4. The van der Waals surface area contributed by atoms with Gasteiger partial charge >= 0.3 is 0 Å². The van der Waals surface area contributed by atoms with Crippen molar-refractivity contribution >= 4 is 15.4 Å². The fourth-order valence-electron chi connectivity index (χ4n) is 3.67. The van der Waals surface area contributed by atoms with E-state index in [0.29, 0.717) is 6.61 Å². The molecule has 4 aromatic carbocycles. The standard InChI is InChI=1S/C31H28O4S/c32-36(33,30-19-11-4-12-20-30)22-21-35-29(25-34-24-26-13-5-1-6-14-26)23-31(27-15-7-2-8-16-27)28-17-9-3-10-18-28/h1-23,29H,24-25H2/b22-21-. The normalized spacial score (nSPS) is 12.2. The minimum atomic E-state index is -3.62. The molecule has 36 heavy (non-hydrogen) atoms. The molecule has 0 spiro atoms. The summed E-state index contributed by atoms with van der Waals surface area (Å²) >= 11 is 0. The molecule has 0 aliphatic carbocycles. The SMILES string of the molecule is O=S(=O)(/C=C\OC(C=C(c1ccccc1)c1ccccc1)COCc1ccccc1)c1ccccc1. The monoisotopic (exact) mass is 496 g/mol. The number of rotatable bonds is 11. The van der Waals surface area contributed by atoms with Crippen LogP contribution in [0.15, 0.2) is 144 Å². The summed E-state index contributed by atoms with van der Waals surface area (Å²) in [5.41, 5.74) is 4.08. The van der Waals surface area contributed by atoms with Crippen molar-refractivity contribution in [2.24, 2.45) is 0 Å². The van der Waals surface area contributed by atoms with Crippen LogP contribution < -0.4 is 0 Å². The zero-order valence-electron chi connectivity index (χ0n) is 19.8. The van der Waals surface area contributed by atoms with Gasteiger partial charge in [-0.1, -0.05) is 109 Å². The molecule has 0 aliphatic heterocycles. The van der Waals surface area contributed by atoms with Crippen LogP contribution in [-0.2, 0) is 25.9 Å². The van der Waals surface area contributed by atoms with Crippen molar-refractivity contribution < 1.29 is 17.9 Å². The van der Waals surface area contributed by atoms with Gasteiger partial charge in [-0.3, -0.25) is 0 Å². The Morgan fingerprint density at radius 2 is 1.19 bits per heavy atom. The molecule has 4 rings (SSSR count). The highest BCUT2D eigenvalue weighted by Crippen LogP contribution is 2.25. The van der Waals surface area contributed by atoms with Crippen molar-refractivity contribution in [3.05, 3.63) is 156 Å². The van der Waals surface area contributed by atoms with Crippen molar-refractivity contribution in [1.29, 1.82) is 0 Å². The van der Waals surface area contributed by atoms with Gasteiger partial charge in [-0.15, -0.1) is 0 Å². The van der Waals surface area contributed by atoms with Gasteiger partial charge in [-0.05, 0) is 40.5 Å². The van der Waals surface area contributed by atoms with E-state index >= 15 is 0 Å². The Balaban J connectivity index is 1.60. The van der Waals surface area contributed by atoms with E-state index in [1.54, 1.807) is 30.3 Å². The quantitative estimate of drug-likeness (QED) is 0.218. The zero-order chi connectivity index (χ0) is 25.1. The first kappa shape index (κ1) is 25.2. The summed E-state index contributed by atoms with van der Waals surface area (Å²) in [5, 5.41) is 1.09. The van der Waals surface area contributed by atoms with Crippen LogP contribution in [0.2, 0.25) is 0 Å². The Bertz CT molecular complexity index is 1320. The van der Waals surface area contributed by atoms with Crippen LogP contribution in [0.3, 0.4) is 0 Å². The fourth-order valence-corrected chi connectivity index (χ4v) is 4.57. The van der Waals surface area contributed by atoms with E-state index in [9.17, 15) is 8.42 Å². The highest BCUT2D eigenvalue weighted by atomic mass is 32.2. The summed E-state index contributed by atoms with van der Waals surface area (Å²) in [6, 6.07) is 38.2. The van der Waals surface area contributed by atoms with Crippen LogP contribution >= 0.6 is 0 Å². The molecule has 1 unspecified atom stereocenters. The number of sulfone groups is 1. The molecule has 0 saturated carbocycles. The number of ether oxygens (including phenoxy) is 2. The molecule has 0 amide bonds. The van der Waals surface area contributed by atoms with E-state index in [-0.39, 0.29) is 11.5 Å². The van der Waals surface area contributed by atoms with Crippen molar-refractivity contribution in [1.82, 2.24) is 0 Å². The first-order chi connectivity index (χ1) is 17.6. The van der Waals surface area contributed by atoms with Crippen LogP contribution in [0.5, 0.6) is 0 Å². The van der Waals surface area contributed by atoms with E-state index in [2.05, 4.69) is 0 Å². The summed E-state index contributed by atoms with van der Waals surface area (Å²) < 4.78 is 37.2. The minimum Gasteiger partial charge on any atom is -0.491 e. The van der Waals surface area contributed by atoms with E-state index in [1.807, 2.05) is 97.1 Å². The molecule has 0 fully saturated rings. The van der Waals surface area contributed by atoms with Gasteiger partial charge < -0.3 is 9.47 Å². The molecule has 0 aliphatic rings. The summed E-state index contributed by atoms with van der Waals surface area (Å²) in [4.78, 5) is 0.214. The molecule has 0 radical (unpaired) electrons. The average Bonchev–Trinajstić information content (AvgIpc) is 2.93. The van der Waals surface area contributed by atoms with Gasteiger partial charge in [0.05, 0.1) is 29.8 Å². The first-order valence-electron chi connectivity index (χ1n) is 11.7. The molecule has 0 bridgehead atoms. The molecule has 0 N–H and O–H groups in total. The Labute approximate surface area is 213 Å². The summed E-state index contributed by atoms with van der Waals surface area (Å²) in [6.07, 6.45) is 2.70. The van der Waals surface area contributed by atoms with Crippen LogP contribution in [0.1, 0.15) is 16.7 Å². The lowest BCUT2D eigenvalue weighted by Gasteiger charge is -2.17. The van der Waals surface area contributed by atoms with Crippen LogP contribution in [0.25, 0.3) is 5.57 Å². The summed E-state index contributed by atoms with van der Waals surface area (Å²) in [6.45, 7) is 0.667. The molecule has 4 aromatic rings. The molecular formula is C31H28O4S. The first-order valence-corrected chi connectivity index (χ1v) is 13.2. The molecule has 0 heterocycles. The molecule has 1 atom stereocenters. The maximum atomic E-state index is 12.7. The molecule has 5 heteroatoms. The van der Waals surface area contributed by atoms with Crippen molar-refractivity contribution in [3.8, 4) is 0 Å². The van der Waals surface area contributed by atoms with Gasteiger partial charge in [0.15, 0.2) is 0 Å². The Morgan fingerprint density at radius 3 is 1.75 bits per heavy atom. The predicted molar refractivity (Wildman–Crippen MR) is 144 cm³/mol. The van der Waals surface area contributed by atoms with Crippen molar-refractivity contribution in [2.75, 3.05) is 6.61 Å². The maximum Gasteiger partial charge on any atom is 0.202 e. The summed E-state index contributed by atoms with van der Waals surface area (Å²) in [7, 11) is -3.62. The third-order valence-electron chi connectivity index (χ3n) is 5.48. The van der Waals surface area contributed by atoms with Crippen LogP contribution in [0, 0.1) is 0 Å². The highest BCUT2D eigenvalue weighted by Gasteiger charge is 2.13. The molecule has 182 valence electrons. The molecule has 0 aromatic heterocycles. The highest BCUT2D eigenvalue weighted by molar-refractivity contribution is 7.94. The lowest BCUT2D eigenvalue weighted by atomic mass is 9.96. The second-order valence-electron chi connectivity index (χ2n) is 8.12. The predicted octanol–water partition coefficient (Wildman–Crippen LogP) is 6.67. The Morgan fingerprint density at radius 1 is 0.694 bits per heavy atom. The van der Waals surface area contributed by atoms with Gasteiger partial charge in [-0.2, -0.15) is 0 Å². The molecule has 0 saturated heterocycles. The third kappa shape index (κ3) is 7.28. The maximum absolute atomic E-state index is 12.7.